The Balaban J connectivity index is 2.56. The van der Waals surface area contributed by atoms with Crippen LogP contribution in [0.25, 0.3) is 0 Å². The Hall–Kier alpha value is -0.420. The van der Waals surface area contributed by atoms with Gasteiger partial charge in [-0.1, -0.05) is 46.6 Å². The zero-order valence-corrected chi connectivity index (χ0v) is 14.7. The molecule has 20 heavy (non-hydrogen) atoms. The summed E-state index contributed by atoms with van der Waals surface area (Å²) in [6.45, 7) is 2.71. The maximum Gasteiger partial charge on any atom is 0.142 e. The molecule has 1 N–H and O–H groups in total. The van der Waals surface area contributed by atoms with Crippen LogP contribution in [0.1, 0.15) is 24.1 Å². The van der Waals surface area contributed by atoms with Crippen molar-refractivity contribution in [1.29, 1.82) is 0 Å². The summed E-state index contributed by atoms with van der Waals surface area (Å²) in [5.41, 5.74) is 1.50. The zero-order chi connectivity index (χ0) is 14.7. The molecule has 5 heteroatoms. The van der Waals surface area contributed by atoms with E-state index >= 15 is 0 Å². The summed E-state index contributed by atoms with van der Waals surface area (Å²) in [6.07, 6.45) is 0. The minimum Gasteiger partial charge on any atom is -0.306 e. The van der Waals surface area contributed by atoms with Crippen LogP contribution in [0, 0.1) is 5.82 Å². The van der Waals surface area contributed by atoms with E-state index in [1.807, 2.05) is 25.1 Å². The minimum absolute atomic E-state index is 0.259. The first-order valence-electron chi connectivity index (χ1n) is 6.16. The Morgan fingerprint density at radius 3 is 2.60 bits per heavy atom. The van der Waals surface area contributed by atoms with Gasteiger partial charge in [0.1, 0.15) is 5.82 Å². The normalized spacial score (nSPS) is 12.4. The third-order valence-electron chi connectivity index (χ3n) is 2.97. The van der Waals surface area contributed by atoms with Crippen molar-refractivity contribution in [3.05, 3.63) is 67.3 Å². The van der Waals surface area contributed by atoms with Crippen molar-refractivity contribution in [3.63, 3.8) is 0 Å². The van der Waals surface area contributed by atoms with Gasteiger partial charge in [0.25, 0.3) is 0 Å². The molecule has 2 aromatic carbocycles. The lowest BCUT2D eigenvalue weighted by Crippen LogP contribution is -2.23. The predicted octanol–water partition coefficient (Wildman–Crippen LogP) is 5.70. The Morgan fingerprint density at radius 1 is 1.15 bits per heavy atom. The Bertz CT molecular complexity index is 617. The third kappa shape index (κ3) is 3.42. The van der Waals surface area contributed by atoms with E-state index in [-0.39, 0.29) is 11.9 Å². The SMILES string of the molecule is CCNC(c1cc(Cl)ccc1Br)c1cccc(Br)c1F. The second-order valence-electron chi connectivity index (χ2n) is 4.30. The lowest BCUT2D eigenvalue weighted by molar-refractivity contribution is 0.554. The third-order valence-corrected chi connectivity index (χ3v) is 4.54. The molecular weight excluding hydrogens is 408 g/mol. The van der Waals surface area contributed by atoms with Crippen molar-refractivity contribution < 1.29 is 4.39 Å². The maximum atomic E-state index is 14.4. The van der Waals surface area contributed by atoms with Crippen molar-refractivity contribution in [1.82, 2.24) is 5.32 Å². The molecular formula is C15H13Br2ClFN. The van der Waals surface area contributed by atoms with Crippen molar-refractivity contribution in [2.24, 2.45) is 0 Å². The van der Waals surface area contributed by atoms with Gasteiger partial charge in [-0.2, -0.15) is 0 Å². The fraction of sp³-hybridized carbons (Fsp3) is 0.200. The highest BCUT2D eigenvalue weighted by Gasteiger charge is 2.20. The van der Waals surface area contributed by atoms with Crippen molar-refractivity contribution >= 4 is 43.5 Å². The van der Waals surface area contributed by atoms with Crippen LogP contribution in [-0.2, 0) is 0 Å². The van der Waals surface area contributed by atoms with E-state index < -0.39 is 0 Å². The van der Waals surface area contributed by atoms with E-state index in [9.17, 15) is 4.39 Å². The highest BCUT2D eigenvalue weighted by atomic mass is 79.9. The summed E-state index contributed by atoms with van der Waals surface area (Å²) in [4.78, 5) is 0. The number of halogens is 4. The van der Waals surface area contributed by atoms with Crippen LogP contribution in [0.5, 0.6) is 0 Å². The molecule has 0 spiro atoms. The fourth-order valence-electron chi connectivity index (χ4n) is 2.07. The summed E-state index contributed by atoms with van der Waals surface area (Å²) in [7, 11) is 0. The molecule has 0 aromatic heterocycles. The molecule has 0 fully saturated rings. The first-order valence-corrected chi connectivity index (χ1v) is 8.13. The lowest BCUT2D eigenvalue weighted by atomic mass is 9.98. The topological polar surface area (TPSA) is 12.0 Å². The summed E-state index contributed by atoms with van der Waals surface area (Å²) in [5.74, 6) is -0.259. The van der Waals surface area contributed by atoms with Crippen molar-refractivity contribution in [3.8, 4) is 0 Å². The molecule has 0 amide bonds. The highest BCUT2D eigenvalue weighted by Crippen LogP contribution is 2.33. The summed E-state index contributed by atoms with van der Waals surface area (Å²) in [6, 6.07) is 10.6. The van der Waals surface area contributed by atoms with Gasteiger partial charge in [-0.05, 0) is 52.3 Å². The van der Waals surface area contributed by atoms with Crippen LogP contribution >= 0.6 is 43.5 Å². The zero-order valence-electron chi connectivity index (χ0n) is 10.8. The molecule has 0 saturated heterocycles. The van der Waals surface area contributed by atoms with E-state index in [1.165, 1.54) is 0 Å². The molecule has 0 heterocycles. The predicted molar refractivity (Wildman–Crippen MR) is 88.8 cm³/mol. The van der Waals surface area contributed by atoms with Crippen LogP contribution < -0.4 is 5.32 Å². The fourth-order valence-corrected chi connectivity index (χ4v) is 3.11. The van der Waals surface area contributed by atoms with Crippen LogP contribution in [0.2, 0.25) is 5.02 Å². The molecule has 0 bridgehead atoms. The van der Waals surface area contributed by atoms with Gasteiger partial charge in [0, 0.05) is 15.1 Å². The molecule has 0 aliphatic heterocycles. The first-order chi connectivity index (χ1) is 9.54. The van der Waals surface area contributed by atoms with Gasteiger partial charge in [0.15, 0.2) is 0 Å². The van der Waals surface area contributed by atoms with E-state index in [2.05, 4.69) is 37.2 Å². The number of benzene rings is 2. The monoisotopic (exact) mass is 419 g/mol. The van der Waals surface area contributed by atoms with Crippen LogP contribution in [0.3, 0.4) is 0 Å². The molecule has 0 saturated carbocycles. The largest absolute Gasteiger partial charge is 0.306 e. The molecule has 0 aliphatic rings. The number of hydrogen-bond donors (Lipinski definition) is 1. The molecule has 1 unspecified atom stereocenters. The Kier molecular flexibility index (Phi) is 5.61. The van der Waals surface area contributed by atoms with Gasteiger partial charge in [0.2, 0.25) is 0 Å². The average Bonchev–Trinajstić information content (AvgIpc) is 2.43. The van der Waals surface area contributed by atoms with E-state index in [0.29, 0.717) is 15.1 Å². The van der Waals surface area contributed by atoms with Gasteiger partial charge in [0.05, 0.1) is 10.5 Å². The minimum atomic E-state index is -0.259. The molecule has 0 radical (unpaired) electrons. The first kappa shape index (κ1) is 16.0. The van der Waals surface area contributed by atoms with E-state index in [1.54, 1.807) is 18.2 Å². The van der Waals surface area contributed by atoms with Crippen LogP contribution in [0.15, 0.2) is 45.3 Å². The number of hydrogen-bond acceptors (Lipinski definition) is 1. The van der Waals surface area contributed by atoms with Crippen molar-refractivity contribution in [2.45, 2.75) is 13.0 Å². The van der Waals surface area contributed by atoms with Gasteiger partial charge in [-0.15, -0.1) is 0 Å². The summed E-state index contributed by atoms with van der Waals surface area (Å²) >= 11 is 12.8. The standard InChI is InChI=1S/C15H13Br2ClFN/c1-2-20-15(10-4-3-5-13(17)14(10)19)11-8-9(18)6-7-12(11)16/h3-8,15,20H,2H2,1H3. The van der Waals surface area contributed by atoms with E-state index in [0.717, 1.165) is 16.6 Å². The second-order valence-corrected chi connectivity index (χ2v) is 6.44. The Morgan fingerprint density at radius 2 is 1.90 bits per heavy atom. The Labute approximate surface area is 139 Å². The van der Waals surface area contributed by atoms with Gasteiger partial charge in [-0.25, -0.2) is 4.39 Å². The van der Waals surface area contributed by atoms with Crippen LogP contribution in [-0.4, -0.2) is 6.54 Å². The second kappa shape index (κ2) is 7.03. The van der Waals surface area contributed by atoms with Gasteiger partial charge < -0.3 is 5.32 Å². The molecule has 1 nitrogen and oxygen atoms in total. The number of rotatable bonds is 4. The smallest absolute Gasteiger partial charge is 0.142 e. The molecule has 2 aromatic rings. The maximum absolute atomic E-state index is 14.4. The van der Waals surface area contributed by atoms with Crippen molar-refractivity contribution in [2.75, 3.05) is 6.54 Å². The summed E-state index contributed by atoms with van der Waals surface area (Å²) < 4.78 is 15.7. The lowest BCUT2D eigenvalue weighted by Gasteiger charge is -2.21. The average molecular weight is 422 g/mol. The van der Waals surface area contributed by atoms with Gasteiger partial charge in [-0.3, -0.25) is 0 Å². The quantitative estimate of drug-likeness (QED) is 0.667. The van der Waals surface area contributed by atoms with Gasteiger partial charge >= 0.3 is 0 Å². The highest BCUT2D eigenvalue weighted by molar-refractivity contribution is 9.10. The van der Waals surface area contributed by atoms with E-state index in [4.69, 9.17) is 11.6 Å². The summed E-state index contributed by atoms with van der Waals surface area (Å²) in [5, 5.41) is 3.93. The molecule has 1 atom stereocenters. The van der Waals surface area contributed by atoms with Crippen LogP contribution in [0.4, 0.5) is 4.39 Å². The molecule has 0 aliphatic carbocycles. The molecule has 2 rings (SSSR count). The molecule has 106 valence electrons. The number of nitrogens with one attached hydrogen (secondary N) is 1.